The minimum atomic E-state index is -0.729. The molecule has 0 bridgehead atoms. The van der Waals surface area contributed by atoms with Crippen LogP contribution in [-0.4, -0.2) is 30.3 Å². The highest BCUT2D eigenvalue weighted by atomic mass is 16.5. The Hall–Kier alpha value is -2.89. The van der Waals surface area contributed by atoms with Crippen LogP contribution < -0.4 is 5.32 Å². The normalized spacial score (nSPS) is 11.5. The Morgan fingerprint density at radius 3 is 2.48 bits per heavy atom. The van der Waals surface area contributed by atoms with Crippen LogP contribution in [0.5, 0.6) is 0 Å². The van der Waals surface area contributed by atoms with Gasteiger partial charge < -0.3 is 14.5 Å². The summed E-state index contributed by atoms with van der Waals surface area (Å²) in [6.45, 7) is 0.931. The molecule has 1 atom stereocenters. The molecule has 0 radical (unpaired) electrons. The van der Waals surface area contributed by atoms with Gasteiger partial charge in [-0.2, -0.15) is 0 Å². The van der Waals surface area contributed by atoms with Gasteiger partial charge in [-0.25, -0.2) is 4.79 Å². The topological polar surface area (TPSA) is 85.6 Å². The number of nitrogens with one attached hydrogen (secondary N) is 1. The zero-order valence-corrected chi connectivity index (χ0v) is 12.7. The number of ketones is 1. The van der Waals surface area contributed by atoms with Gasteiger partial charge in [-0.05, 0) is 31.0 Å². The molecule has 0 aliphatic carbocycles. The molecule has 1 amide bonds. The van der Waals surface area contributed by atoms with Crippen LogP contribution in [-0.2, 0) is 20.7 Å². The number of hydrogen-bond donors (Lipinski definition) is 1. The molecule has 1 aromatic carbocycles. The molecule has 6 heteroatoms. The average Bonchev–Trinajstić information content (AvgIpc) is 3.07. The lowest BCUT2D eigenvalue weighted by Crippen LogP contribution is -2.43. The van der Waals surface area contributed by atoms with Crippen LogP contribution in [0, 0.1) is 0 Å². The first kappa shape index (κ1) is 16.5. The number of Topliss-reactive ketones (excluding diaryl/α,β-unsaturated/α-hetero) is 1. The molecule has 6 nitrogen and oxygen atoms in total. The summed E-state index contributed by atoms with van der Waals surface area (Å²) in [5, 5.41) is 2.57. The number of hydrogen-bond acceptors (Lipinski definition) is 5. The van der Waals surface area contributed by atoms with Gasteiger partial charge in [0.25, 0.3) is 5.91 Å². The van der Waals surface area contributed by atoms with Crippen LogP contribution in [0.25, 0.3) is 0 Å². The van der Waals surface area contributed by atoms with Crippen molar-refractivity contribution in [3.8, 4) is 0 Å². The van der Waals surface area contributed by atoms with E-state index in [1.807, 2.05) is 30.3 Å². The molecule has 0 saturated heterocycles. The van der Waals surface area contributed by atoms with E-state index in [-0.39, 0.29) is 11.5 Å². The Morgan fingerprint density at radius 2 is 1.87 bits per heavy atom. The van der Waals surface area contributed by atoms with Crippen LogP contribution in [0.3, 0.4) is 0 Å². The number of furan rings is 1. The maximum absolute atomic E-state index is 11.9. The fourth-order valence-corrected chi connectivity index (χ4v) is 1.98. The first-order valence-electron chi connectivity index (χ1n) is 7.10. The number of amides is 1. The Balaban J connectivity index is 1.86. The molecule has 0 aliphatic heterocycles. The summed E-state index contributed by atoms with van der Waals surface area (Å²) in [7, 11) is 0. The highest BCUT2D eigenvalue weighted by Crippen LogP contribution is 2.05. The highest BCUT2D eigenvalue weighted by molar-refractivity contribution is 5.91. The van der Waals surface area contributed by atoms with Crippen LogP contribution >= 0.6 is 0 Å². The number of benzene rings is 1. The number of rotatable bonds is 7. The zero-order chi connectivity index (χ0) is 16.7. The van der Waals surface area contributed by atoms with Gasteiger partial charge in [-0.3, -0.25) is 9.59 Å². The van der Waals surface area contributed by atoms with Gasteiger partial charge in [0.2, 0.25) is 5.76 Å². The molecule has 120 valence electrons. The van der Waals surface area contributed by atoms with Crippen molar-refractivity contribution in [3.05, 3.63) is 60.1 Å². The molecular formula is C17H17NO5. The minimum Gasteiger partial charge on any atom is -0.457 e. The first-order chi connectivity index (χ1) is 11.1. The molecule has 1 unspecified atom stereocenters. The van der Waals surface area contributed by atoms with Crippen molar-refractivity contribution in [1.82, 2.24) is 5.32 Å². The predicted octanol–water partition coefficient (Wildman–Crippen LogP) is 1.75. The molecular weight excluding hydrogens is 298 g/mol. The summed E-state index contributed by atoms with van der Waals surface area (Å²) < 4.78 is 9.69. The second-order valence-electron chi connectivity index (χ2n) is 4.97. The smallest absolute Gasteiger partial charge is 0.374 e. The molecule has 1 aromatic heterocycles. The van der Waals surface area contributed by atoms with Crippen LogP contribution in [0.15, 0.2) is 53.1 Å². The van der Waals surface area contributed by atoms with Crippen molar-refractivity contribution >= 4 is 17.7 Å². The molecule has 0 aliphatic rings. The minimum absolute atomic E-state index is 0.0187. The molecule has 0 fully saturated rings. The Bertz CT molecular complexity index is 664. The number of carbonyl (C=O) groups excluding carboxylic acids is 3. The molecule has 1 heterocycles. The molecule has 0 spiro atoms. The van der Waals surface area contributed by atoms with E-state index in [1.54, 1.807) is 6.07 Å². The summed E-state index contributed by atoms with van der Waals surface area (Å²) in [6.07, 6.45) is 1.72. The zero-order valence-electron chi connectivity index (χ0n) is 12.7. The summed E-state index contributed by atoms with van der Waals surface area (Å²) in [5.41, 5.74) is 0.931. The summed E-state index contributed by atoms with van der Waals surface area (Å²) in [6, 6.07) is 11.7. The van der Waals surface area contributed by atoms with E-state index in [2.05, 4.69) is 5.32 Å². The summed E-state index contributed by atoms with van der Waals surface area (Å²) in [5.74, 6) is -1.42. The standard InChI is InChI=1S/C17H17NO5/c1-12(19)14(10-13-6-3-2-4-7-13)18-16(20)11-23-17(21)15-8-5-9-22-15/h2-9,14H,10-11H2,1H3,(H,18,20). The predicted molar refractivity (Wildman–Crippen MR) is 81.7 cm³/mol. The van der Waals surface area contributed by atoms with Crippen molar-refractivity contribution in [2.45, 2.75) is 19.4 Å². The first-order valence-corrected chi connectivity index (χ1v) is 7.10. The summed E-state index contributed by atoms with van der Waals surface area (Å²) in [4.78, 5) is 35.1. The average molecular weight is 315 g/mol. The van der Waals surface area contributed by atoms with Gasteiger partial charge >= 0.3 is 5.97 Å². The largest absolute Gasteiger partial charge is 0.457 e. The van der Waals surface area contributed by atoms with Crippen molar-refractivity contribution in [1.29, 1.82) is 0 Å². The Morgan fingerprint density at radius 1 is 1.13 bits per heavy atom. The van der Waals surface area contributed by atoms with E-state index < -0.39 is 24.5 Å². The van der Waals surface area contributed by atoms with E-state index >= 15 is 0 Å². The van der Waals surface area contributed by atoms with Crippen molar-refractivity contribution in [2.24, 2.45) is 0 Å². The van der Waals surface area contributed by atoms with Gasteiger partial charge in [0.15, 0.2) is 12.4 Å². The highest BCUT2D eigenvalue weighted by Gasteiger charge is 2.19. The fourth-order valence-electron chi connectivity index (χ4n) is 1.98. The lowest BCUT2D eigenvalue weighted by molar-refractivity contribution is -0.128. The van der Waals surface area contributed by atoms with Gasteiger partial charge in [0, 0.05) is 0 Å². The third-order valence-electron chi connectivity index (χ3n) is 3.17. The number of esters is 1. The van der Waals surface area contributed by atoms with E-state index in [9.17, 15) is 14.4 Å². The van der Waals surface area contributed by atoms with Gasteiger partial charge in [0.05, 0.1) is 12.3 Å². The quantitative estimate of drug-likeness (QED) is 0.787. The van der Waals surface area contributed by atoms with Gasteiger partial charge in [-0.1, -0.05) is 30.3 Å². The summed E-state index contributed by atoms with van der Waals surface area (Å²) >= 11 is 0. The molecule has 2 aromatic rings. The lowest BCUT2D eigenvalue weighted by Gasteiger charge is -2.16. The third kappa shape index (κ3) is 5.10. The second kappa shape index (κ2) is 7.93. The number of carbonyl (C=O) groups is 3. The Labute approximate surface area is 133 Å². The number of ether oxygens (including phenoxy) is 1. The van der Waals surface area contributed by atoms with E-state index in [0.29, 0.717) is 6.42 Å². The van der Waals surface area contributed by atoms with Crippen LogP contribution in [0.4, 0.5) is 0 Å². The molecule has 23 heavy (non-hydrogen) atoms. The monoisotopic (exact) mass is 315 g/mol. The third-order valence-corrected chi connectivity index (χ3v) is 3.17. The molecule has 0 saturated carbocycles. The van der Waals surface area contributed by atoms with Gasteiger partial charge in [0.1, 0.15) is 0 Å². The van der Waals surface area contributed by atoms with Crippen molar-refractivity contribution in [2.75, 3.05) is 6.61 Å². The van der Waals surface area contributed by atoms with Crippen molar-refractivity contribution in [3.63, 3.8) is 0 Å². The second-order valence-corrected chi connectivity index (χ2v) is 4.97. The van der Waals surface area contributed by atoms with Crippen LogP contribution in [0.1, 0.15) is 23.0 Å². The fraction of sp³-hybridized carbons (Fsp3) is 0.235. The molecule has 2 rings (SSSR count). The van der Waals surface area contributed by atoms with E-state index in [1.165, 1.54) is 19.3 Å². The van der Waals surface area contributed by atoms with Gasteiger partial charge in [-0.15, -0.1) is 0 Å². The molecule has 1 N–H and O–H groups in total. The lowest BCUT2D eigenvalue weighted by atomic mass is 10.0. The maximum atomic E-state index is 11.9. The van der Waals surface area contributed by atoms with E-state index in [4.69, 9.17) is 9.15 Å². The SMILES string of the molecule is CC(=O)C(Cc1ccccc1)NC(=O)COC(=O)c1ccco1. The Kier molecular flexibility index (Phi) is 5.68. The maximum Gasteiger partial charge on any atom is 0.374 e. The van der Waals surface area contributed by atoms with Crippen molar-refractivity contribution < 1.29 is 23.5 Å². The van der Waals surface area contributed by atoms with Crippen LogP contribution in [0.2, 0.25) is 0 Å². The van der Waals surface area contributed by atoms with E-state index in [0.717, 1.165) is 5.56 Å².